The fourth-order valence-corrected chi connectivity index (χ4v) is 2.18. The summed E-state index contributed by atoms with van der Waals surface area (Å²) < 4.78 is 20.2. The van der Waals surface area contributed by atoms with Crippen LogP contribution in [0.1, 0.15) is 21.5 Å². The molecule has 0 bridgehead atoms. The lowest BCUT2D eigenvalue weighted by Crippen LogP contribution is -2.03. The summed E-state index contributed by atoms with van der Waals surface area (Å²) >= 11 is 0. The molecule has 2 aromatic carbocycles. The predicted octanol–water partition coefficient (Wildman–Crippen LogP) is 3.25. The molecule has 0 saturated carbocycles. The van der Waals surface area contributed by atoms with E-state index in [0.717, 1.165) is 5.56 Å². The van der Waals surface area contributed by atoms with Gasteiger partial charge in [0.25, 0.3) is 0 Å². The van der Waals surface area contributed by atoms with E-state index in [1.54, 1.807) is 62.8 Å². The Bertz CT molecular complexity index is 792. The van der Waals surface area contributed by atoms with Gasteiger partial charge in [0, 0.05) is 11.6 Å². The molecule has 0 spiro atoms. The Balaban J connectivity index is 1.96. The zero-order chi connectivity index (χ0) is 18.9. The smallest absolute Gasteiger partial charge is 0.337 e. The fourth-order valence-electron chi connectivity index (χ4n) is 2.18. The van der Waals surface area contributed by atoms with Crippen LogP contribution in [0.2, 0.25) is 0 Å². The molecule has 0 aliphatic carbocycles. The van der Waals surface area contributed by atoms with Crippen molar-refractivity contribution in [2.75, 3.05) is 21.3 Å². The Hall–Kier alpha value is -3.28. The van der Waals surface area contributed by atoms with E-state index in [1.165, 1.54) is 13.2 Å². The molecule has 0 heterocycles. The number of hydrogen-bond acceptors (Lipinski definition) is 6. The zero-order valence-electron chi connectivity index (χ0n) is 14.9. The molecular weight excluding hydrogens is 336 g/mol. The standard InChI is InChI=1S/C20H20O6/c1-23-17-9-10-18(24-2)16(12-17)8-11-19(21)26-13-14-4-6-15(7-5-14)20(22)25-3/h4-12H,13H2,1-3H3/b11-8+. The molecule has 0 N–H and O–H groups in total. The van der Waals surface area contributed by atoms with Crippen molar-refractivity contribution < 1.29 is 28.5 Å². The highest BCUT2D eigenvalue weighted by Crippen LogP contribution is 2.25. The Morgan fingerprint density at radius 1 is 0.962 bits per heavy atom. The molecule has 6 heteroatoms. The van der Waals surface area contributed by atoms with Gasteiger partial charge in [0.2, 0.25) is 0 Å². The van der Waals surface area contributed by atoms with Crippen LogP contribution in [0.15, 0.2) is 48.5 Å². The van der Waals surface area contributed by atoms with Crippen molar-refractivity contribution >= 4 is 18.0 Å². The second-order valence-corrected chi connectivity index (χ2v) is 5.24. The van der Waals surface area contributed by atoms with Crippen molar-refractivity contribution in [3.8, 4) is 11.5 Å². The van der Waals surface area contributed by atoms with Crippen LogP contribution in [0, 0.1) is 0 Å². The summed E-state index contributed by atoms with van der Waals surface area (Å²) in [5.74, 6) is 0.369. The molecule has 0 unspecified atom stereocenters. The number of esters is 2. The van der Waals surface area contributed by atoms with Crippen molar-refractivity contribution in [1.29, 1.82) is 0 Å². The van der Waals surface area contributed by atoms with Crippen molar-refractivity contribution in [2.24, 2.45) is 0 Å². The van der Waals surface area contributed by atoms with Gasteiger partial charge >= 0.3 is 11.9 Å². The molecule has 0 aliphatic heterocycles. The van der Waals surface area contributed by atoms with Crippen LogP contribution in [-0.4, -0.2) is 33.3 Å². The minimum absolute atomic E-state index is 0.0971. The number of ether oxygens (including phenoxy) is 4. The Morgan fingerprint density at radius 3 is 2.31 bits per heavy atom. The average molecular weight is 356 g/mol. The van der Waals surface area contributed by atoms with Crippen LogP contribution >= 0.6 is 0 Å². The van der Waals surface area contributed by atoms with Crippen molar-refractivity contribution in [2.45, 2.75) is 6.61 Å². The largest absolute Gasteiger partial charge is 0.497 e. The summed E-state index contributed by atoms with van der Waals surface area (Å²) in [6, 6.07) is 11.9. The van der Waals surface area contributed by atoms with Crippen LogP contribution in [-0.2, 0) is 20.9 Å². The molecule has 2 aromatic rings. The van der Waals surface area contributed by atoms with Gasteiger partial charge in [0.1, 0.15) is 18.1 Å². The molecule has 6 nitrogen and oxygen atoms in total. The van der Waals surface area contributed by atoms with Crippen LogP contribution < -0.4 is 9.47 Å². The van der Waals surface area contributed by atoms with Crippen LogP contribution in [0.4, 0.5) is 0 Å². The van der Waals surface area contributed by atoms with Crippen LogP contribution in [0.5, 0.6) is 11.5 Å². The molecule has 0 amide bonds. The minimum Gasteiger partial charge on any atom is -0.497 e. The summed E-state index contributed by atoms with van der Waals surface area (Å²) in [6.07, 6.45) is 2.92. The molecular formula is C20H20O6. The number of rotatable bonds is 7. The summed E-state index contributed by atoms with van der Waals surface area (Å²) in [5, 5.41) is 0. The second-order valence-electron chi connectivity index (χ2n) is 5.24. The minimum atomic E-state index is -0.494. The van der Waals surface area contributed by atoms with Gasteiger partial charge in [-0.3, -0.25) is 0 Å². The van der Waals surface area contributed by atoms with Gasteiger partial charge in [-0.2, -0.15) is 0 Å². The van der Waals surface area contributed by atoms with Gasteiger partial charge in [-0.1, -0.05) is 12.1 Å². The van der Waals surface area contributed by atoms with Gasteiger partial charge in [0.05, 0.1) is 26.9 Å². The SMILES string of the molecule is COC(=O)c1ccc(COC(=O)/C=C/c2cc(OC)ccc2OC)cc1. The molecule has 136 valence electrons. The van der Waals surface area contributed by atoms with Crippen LogP contribution in [0.25, 0.3) is 6.08 Å². The number of benzene rings is 2. The van der Waals surface area contributed by atoms with E-state index in [0.29, 0.717) is 22.6 Å². The van der Waals surface area contributed by atoms with E-state index < -0.39 is 11.9 Å². The highest BCUT2D eigenvalue weighted by molar-refractivity contribution is 5.89. The first kappa shape index (κ1) is 19.1. The monoisotopic (exact) mass is 356 g/mol. The lowest BCUT2D eigenvalue weighted by Gasteiger charge is -2.07. The third-order valence-electron chi connectivity index (χ3n) is 3.59. The fraction of sp³-hybridized carbons (Fsp3) is 0.200. The predicted molar refractivity (Wildman–Crippen MR) is 96.2 cm³/mol. The third-order valence-corrected chi connectivity index (χ3v) is 3.59. The maximum absolute atomic E-state index is 11.9. The van der Waals surface area contributed by atoms with Crippen molar-refractivity contribution in [3.05, 3.63) is 65.2 Å². The summed E-state index contributed by atoms with van der Waals surface area (Å²) in [5.41, 5.74) is 1.90. The maximum atomic E-state index is 11.9. The lowest BCUT2D eigenvalue weighted by atomic mass is 10.1. The molecule has 0 aromatic heterocycles. The van der Waals surface area contributed by atoms with Gasteiger partial charge < -0.3 is 18.9 Å². The Morgan fingerprint density at radius 2 is 1.69 bits per heavy atom. The third kappa shape index (κ3) is 5.11. The van der Waals surface area contributed by atoms with Crippen molar-refractivity contribution in [3.63, 3.8) is 0 Å². The highest BCUT2D eigenvalue weighted by atomic mass is 16.5. The first-order chi connectivity index (χ1) is 12.6. The van der Waals surface area contributed by atoms with E-state index in [-0.39, 0.29) is 6.61 Å². The lowest BCUT2D eigenvalue weighted by molar-refractivity contribution is -0.138. The maximum Gasteiger partial charge on any atom is 0.337 e. The topological polar surface area (TPSA) is 71.1 Å². The van der Waals surface area contributed by atoms with E-state index in [4.69, 9.17) is 14.2 Å². The highest BCUT2D eigenvalue weighted by Gasteiger charge is 2.06. The van der Waals surface area contributed by atoms with Gasteiger partial charge in [-0.05, 0) is 42.0 Å². The number of carbonyl (C=O) groups excluding carboxylic acids is 2. The summed E-state index contributed by atoms with van der Waals surface area (Å²) in [6.45, 7) is 0.0971. The first-order valence-corrected chi connectivity index (χ1v) is 7.81. The van der Waals surface area contributed by atoms with E-state index in [9.17, 15) is 9.59 Å². The van der Waals surface area contributed by atoms with E-state index >= 15 is 0 Å². The number of carbonyl (C=O) groups is 2. The molecule has 0 saturated heterocycles. The van der Waals surface area contributed by atoms with E-state index in [2.05, 4.69) is 4.74 Å². The Labute approximate surface area is 151 Å². The van der Waals surface area contributed by atoms with Crippen molar-refractivity contribution in [1.82, 2.24) is 0 Å². The number of methoxy groups -OCH3 is 3. The quantitative estimate of drug-likeness (QED) is 0.560. The van der Waals surface area contributed by atoms with E-state index in [1.807, 2.05) is 0 Å². The summed E-state index contributed by atoms with van der Waals surface area (Å²) in [7, 11) is 4.44. The van der Waals surface area contributed by atoms with Gasteiger partial charge in [-0.25, -0.2) is 9.59 Å². The Kier molecular flexibility index (Phi) is 6.79. The molecule has 0 radical (unpaired) electrons. The average Bonchev–Trinajstić information content (AvgIpc) is 2.70. The first-order valence-electron chi connectivity index (χ1n) is 7.81. The van der Waals surface area contributed by atoms with Crippen LogP contribution in [0.3, 0.4) is 0 Å². The zero-order valence-corrected chi connectivity index (χ0v) is 14.9. The molecule has 2 rings (SSSR count). The molecule has 0 atom stereocenters. The molecule has 26 heavy (non-hydrogen) atoms. The summed E-state index contributed by atoms with van der Waals surface area (Å²) in [4.78, 5) is 23.3. The number of hydrogen-bond donors (Lipinski definition) is 0. The normalized spacial score (nSPS) is 10.4. The van der Waals surface area contributed by atoms with Gasteiger partial charge in [0.15, 0.2) is 0 Å². The molecule has 0 aliphatic rings. The van der Waals surface area contributed by atoms with Gasteiger partial charge in [-0.15, -0.1) is 0 Å². The molecule has 0 fully saturated rings. The second kappa shape index (κ2) is 9.27.